The highest BCUT2D eigenvalue weighted by atomic mass is 35.5. The van der Waals surface area contributed by atoms with Crippen LogP contribution in [-0.2, 0) is 5.13 Å². The van der Waals surface area contributed by atoms with Crippen molar-refractivity contribution in [1.29, 1.82) is 0 Å². The standard InChI is InChI=1S/C22H10Cl4F3N3O4/c23-15-4-2-1-3-14(15)17-31-19(33)32(20(34)36-17)12-5-7-13(8-6-12)35-18-16(24)9-11(10-30-18)21(25,27)22(26,28)29/h1-10H. The van der Waals surface area contributed by atoms with Crippen LogP contribution in [0.5, 0.6) is 11.6 Å². The largest absolute Gasteiger partial charge is 0.438 e. The number of halogens is 7. The van der Waals surface area contributed by atoms with Gasteiger partial charge in [0, 0.05) is 11.8 Å². The van der Waals surface area contributed by atoms with Gasteiger partial charge in [-0.05, 0) is 54.1 Å². The predicted octanol–water partition coefficient (Wildman–Crippen LogP) is 6.54. The molecule has 2 aromatic carbocycles. The summed E-state index contributed by atoms with van der Waals surface area (Å²) in [7, 11) is 0. The number of ether oxygens (including phenoxy) is 1. The molecule has 0 radical (unpaired) electrons. The van der Waals surface area contributed by atoms with E-state index in [1.807, 2.05) is 0 Å². The van der Waals surface area contributed by atoms with Gasteiger partial charge in [-0.3, -0.25) is 0 Å². The summed E-state index contributed by atoms with van der Waals surface area (Å²) in [6.45, 7) is 0. The highest BCUT2D eigenvalue weighted by Gasteiger charge is 2.54. The highest BCUT2D eigenvalue weighted by Crippen LogP contribution is 2.48. The molecule has 7 nitrogen and oxygen atoms in total. The van der Waals surface area contributed by atoms with Crippen LogP contribution in [-0.4, -0.2) is 19.9 Å². The molecule has 1 atom stereocenters. The molecule has 0 amide bonds. The maximum atomic E-state index is 14.2. The number of rotatable bonds is 6. The van der Waals surface area contributed by atoms with Gasteiger partial charge in [-0.25, -0.2) is 19.0 Å². The Morgan fingerprint density at radius 2 is 1.61 bits per heavy atom. The van der Waals surface area contributed by atoms with E-state index in [1.54, 1.807) is 18.2 Å². The van der Waals surface area contributed by atoms with E-state index >= 15 is 0 Å². The number of hydrogen-bond donors (Lipinski definition) is 0. The minimum Gasteiger partial charge on any atom is -0.438 e. The summed E-state index contributed by atoms with van der Waals surface area (Å²) in [6.07, 6.45) is 0.690. The lowest BCUT2D eigenvalue weighted by atomic mass is 10.2. The fourth-order valence-corrected chi connectivity index (χ4v) is 3.58. The zero-order valence-corrected chi connectivity index (χ0v) is 20.4. The molecule has 1 unspecified atom stereocenters. The monoisotopic (exact) mass is 577 g/mol. The van der Waals surface area contributed by atoms with E-state index in [0.717, 1.165) is 6.07 Å². The first-order valence-corrected chi connectivity index (χ1v) is 11.2. The molecule has 0 N–H and O–H groups in total. The van der Waals surface area contributed by atoms with E-state index in [0.29, 0.717) is 10.8 Å². The molecular weight excluding hydrogens is 569 g/mol. The molecule has 2 aromatic heterocycles. The van der Waals surface area contributed by atoms with Crippen molar-refractivity contribution in [1.82, 2.24) is 14.5 Å². The van der Waals surface area contributed by atoms with Gasteiger partial charge in [0.1, 0.15) is 10.8 Å². The molecule has 0 aliphatic heterocycles. The Labute approximate surface area is 219 Å². The van der Waals surface area contributed by atoms with Crippen molar-refractivity contribution in [2.24, 2.45) is 0 Å². The van der Waals surface area contributed by atoms with Crippen LogP contribution in [0.3, 0.4) is 0 Å². The zero-order valence-electron chi connectivity index (χ0n) is 17.4. The Bertz CT molecular complexity index is 1520. The fourth-order valence-electron chi connectivity index (χ4n) is 2.94. The van der Waals surface area contributed by atoms with Crippen molar-refractivity contribution >= 4 is 46.4 Å². The molecule has 0 fully saturated rings. The Hall–Kier alpha value is -3.05. The first-order valence-electron chi connectivity index (χ1n) is 9.66. The number of pyridine rings is 1. The van der Waals surface area contributed by atoms with Crippen molar-refractivity contribution in [2.75, 3.05) is 0 Å². The fraction of sp³-hybridized carbons (Fsp3) is 0.0909. The van der Waals surface area contributed by atoms with Crippen LogP contribution in [0.1, 0.15) is 5.56 Å². The van der Waals surface area contributed by atoms with Crippen molar-refractivity contribution in [3.63, 3.8) is 0 Å². The minimum atomic E-state index is -4.43. The predicted molar refractivity (Wildman–Crippen MR) is 128 cm³/mol. The van der Waals surface area contributed by atoms with Gasteiger partial charge in [0.2, 0.25) is 11.8 Å². The second kappa shape index (κ2) is 9.78. The first-order chi connectivity index (χ1) is 16.9. The molecule has 0 aliphatic carbocycles. The van der Waals surface area contributed by atoms with Crippen LogP contribution in [0.4, 0.5) is 13.2 Å². The van der Waals surface area contributed by atoms with E-state index in [4.69, 9.17) is 55.6 Å². The lowest BCUT2D eigenvalue weighted by Crippen LogP contribution is -2.33. The van der Waals surface area contributed by atoms with E-state index in [9.17, 15) is 22.8 Å². The second-order valence-electron chi connectivity index (χ2n) is 7.06. The van der Waals surface area contributed by atoms with Crippen molar-refractivity contribution in [2.45, 2.75) is 10.5 Å². The van der Waals surface area contributed by atoms with Crippen LogP contribution in [0.2, 0.25) is 10.0 Å². The summed E-state index contributed by atoms with van der Waals surface area (Å²) < 4.78 is 51.9. The SMILES string of the molecule is O=c1nc(-c2ccccc2Cl)oc(=O)n1-c1ccc(Oc2ncc(C(F)(Cl)C(F)(F)Cl)cc2Cl)cc1. The molecule has 2 heterocycles. The topological polar surface area (TPSA) is 87.2 Å². The third-order valence-corrected chi connectivity index (χ3v) is 6.11. The number of benzene rings is 2. The van der Waals surface area contributed by atoms with Crippen LogP contribution < -0.4 is 16.2 Å². The summed E-state index contributed by atoms with van der Waals surface area (Å²) >= 11 is 21.9. The summed E-state index contributed by atoms with van der Waals surface area (Å²) in [4.78, 5) is 32.5. The molecule has 36 heavy (non-hydrogen) atoms. The molecule has 0 saturated heterocycles. The Morgan fingerprint density at radius 1 is 0.944 bits per heavy atom. The van der Waals surface area contributed by atoms with Crippen LogP contribution in [0, 0.1) is 0 Å². The van der Waals surface area contributed by atoms with Gasteiger partial charge in [0.25, 0.3) is 5.13 Å². The molecule has 0 spiro atoms. The molecule has 186 valence electrons. The average Bonchev–Trinajstić information content (AvgIpc) is 2.80. The number of alkyl halides is 5. The smallest absolute Gasteiger partial charge is 0.429 e. The Kier molecular flexibility index (Phi) is 7.07. The van der Waals surface area contributed by atoms with Crippen molar-refractivity contribution in [3.8, 4) is 28.8 Å². The molecule has 0 bridgehead atoms. The zero-order chi connectivity index (χ0) is 26.3. The van der Waals surface area contributed by atoms with Crippen LogP contribution >= 0.6 is 46.4 Å². The normalized spacial score (nSPS) is 13.3. The number of aromatic nitrogens is 3. The second-order valence-corrected chi connectivity index (χ2v) is 8.87. The van der Waals surface area contributed by atoms with E-state index in [-0.39, 0.29) is 38.8 Å². The minimum absolute atomic E-state index is 0.0995. The lowest BCUT2D eigenvalue weighted by Gasteiger charge is -2.23. The van der Waals surface area contributed by atoms with Gasteiger partial charge in [-0.2, -0.15) is 18.3 Å². The maximum absolute atomic E-state index is 14.2. The first kappa shape index (κ1) is 26.0. The van der Waals surface area contributed by atoms with Gasteiger partial charge in [0.15, 0.2) is 0 Å². The molecule has 4 rings (SSSR count). The van der Waals surface area contributed by atoms with E-state index in [1.165, 1.54) is 30.3 Å². The molecular formula is C22H10Cl4F3N3O4. The summed E-state index contributed by atoms with van der Waals surface area (Å²) in [5.74, 6) is -1.39. The van der Waals surface area contributed by atoms with E-state index < -0.39 is 27.5 Å². The van der Waals surface area contributed by atoms with Crippen LogP contribution in [0.25, 0.3) is 17.1 Å². The summed E-state index contributed by atoms with van der Waals surface area (Å²) in [5, 5.41) is -8.28. The lowest BCUT2D eigenvalue weighted by molar-refractivity contribution is -0.0227. The third kappa shape index (κ3) is 5.08. The van der Waals surface area contributed by atoms with Gasteiger partial charge >= 0.3 is 16.8 Å². The van der Waals surface area contributed by atoms with Gasteiger partial charge in [-0.1, -0.05) is 46.9 Å². The molecule has 14 heteroatoms. The molecule has 0 saturated carbocycles. The van der Waals surface area contributed by atoms with E-state index in [2.05, 4.69) is 9.97 Å². The molecule has 4 aromatic rings. The average molecular weight is 579 g/mol. The third-order valence-electron chi connectivity index (χ3n) is 4.69. The van der Waals surface area contributed by atoms with Crippen molar-refractivity contribution < 1.29 is 22.3 Å². The summed E-state index contributed by atoms with van der Waals surface area (Å²) in [6, 6.07) is 12.6. The van der Waals surface area contributed by atoms with Crippen LogP contribution in [0.15, 0.2) is 74.8 Å². The van der Waals surface area contributed by atoms with Gasteiger partial charge in [0.05, 0.1) is 16.3 Å². The number of hydrogen-bond acceptors (Lipinski definition) is 6. The Balaban J connectivity index is 1.59. The number of nitrogens with zero attached hydrogens (tertiary/aromatic N) is 3. The molecule has 0 aliphatic rings. The summed E-state index contributed by atoms with van der Waals surface area (Å²) in [5.41, 5.74) is -1.33. The van der Waals surface area contributed by atoms with Crippen molar-refractivity contribution in [3.05, 3.63) is 97.4 Å². The quantitative estimate of drug-likeness (QED) is 0.241. The Morgan fingerprint density at radius 3 is 2.19 bits per heavy atom. The maximum Gasteiger partial charge on any atom is 0.429 e. The van der Waals surface area contributed by atoms with Gasteiger partial charge < -0.3 is 9.15 Å². The highest BCUT2D eigenvalue weighted by molar-refractivity contribution is 6.34. The van der Waals surface area contributed by atoms with Gasteiger partial charge in [-0.15, -0.1) is 0 Å².